The van der Waals surface area contributed by atoms with Gasteiger partial charge in [-0.2, -0.15) is 0 Å². The normalized spacial score (nSPS) is 25.8. The molecule has 0 unspecified atom stereocenters. The van der Waals surface area contributed by atoms with Crippen LogP contribution in [-0.2, 0) is 9.53 Å². The van der Waals surface area contributed by atoms with Crippen molar-refractivity contribution in [1.82, 2.24) is 9.80 Å². The first-order valence-electron chi connectivity index (χ1n) is 9.43. The van der Waals surface area contributed by atoms with Crippen LogP contribution in [0.5, 0.6) is 5.75 Å². The molecule has 2 fully saturated rings. The summed E-state index contributed by atoms with van der Waals surface area (Å²) in [4.78, 5) is 16.8. The van der Waals surface area contributed by atoms with Crippen molar-refractivity contribution in [2.75, 3.05) is 39.3 Å². The van der Waals surface area contributed by atoms with Gasteiger partial charge >= 0.3 is 0 Å². The molecule has 138 valence electrons. The van der Waals surface area contributed by atoms with Crippen molar-refractivity contribution in [3.05, 3.63) is 30.3 Å². The number of hydrogen-bond donors (Lipinski definition) is 0. The molecule has 2 aliphatic heterocycles. The molecule has 1 aromatic carbocycles. The Hall–Kier alpha value is -1.59. The van der Waals surface area contributed by atoms with Crippen LogP contribution in [0.1, 0.15) is 26.7 Å². The van der Waals surface area contributed by atoms with E-state index in [4.69, 9.17) is 9.47 Å². The van der Waals surface area contributed by atoms with Crippen LogP contribution in [0.15, 0.2) is 30.3 Å². The maximum atomic E-state index is 12.3. The molecule has 2 saturated heterocycles. The van der Waals surface area contributed by atoms with E-state index in [0.717, 1.165) is 51.3 Å². The maximum absolute atomic E-state index is 12.3. The number of carbonyl (C=O) groups excluding carboxylic acids is 1. The molecule has 1 aromatic rings. The summed E-state index contributed by atoms with van der Waals surface area (Å²) in [5.41, 5.74) is 0. The van der Waals surface area contributed by atoms with Crippen molar-refractivity contribution in [3.63, 3.8) is 0 Å². The summed E-state index contributed by atoms with van der Waals surface area (Å²) in [5.74, 6) is 1.52. The third kappa shape index (κ3) is 5.44. The molecule has 5 heteroatoms. The van der Waals surface area contributed by atoms with Gasteiger partial charge in [0, 0.05) is 32.7 Å². The smallest absolute Gasteiger partial charge is 0.260 e. The predicted molar refractivity (Wildman–Crippen MR) is 97.7 cm³/mol. The van der Waals surface area contributed by atoms with Crippen molar-refractivity contribution in [2.24, 2.45) is 5.92 Å². The van der Waals surface area contributed by atoms with E-state index >= 15 is 0 Å². The minimum atomic E-state index is 0.0934. The van der Waals surface area contributed by atoms with Crippen molar-refractivity contribution < 1.29 is 14.3 Å². The zero-order valence-electron chi connectivity index (χ0n) is 15.4. The van der Waals surface area contributed by atoms with E-state index in [2.05, 4.69) is 18.7 Å². The number of amides is 1. The Labute approximate surface area is 150 Å². The van der Waals surface area contributed by atoms with Gasteiger partial charge in [0.05, 0.1) is 12.2 Å². The first-order chi connectivity index (χ1) is 12.1. The van der Waals surface area contributed by atoms with Crippen molar-refractivity contribution in [1.29, 1.82) is 0 Å². The number of rotatable bonds is 5. The molecule has 3 rings (SSSR count). The zero-order chi connectivity index (χ0) is 17.6. The number of benzene rings is 1. The first kappa shape index (κ1) is 18.2. The second-order valence-electron chi connectivity index (χ2n) is 7.40. The molecule has 2 aliphatic rings. The van der Waals surface area contributed by atoms with Crippen LogP contribution in [0.2, 0.25) is 0 Å². The molecule has 0 saturated carbocycles. The van der Waals surface area contributed by atoms with Crippen molar-refractivity contribution in [2.45, 2.75) is 38.9 Å². The fourth-order valence-electron chi connectivity index (χ4n) is 3.92. The van der Waals surface area contributed by atoms with Crippen molar-refractivity contribution >= 4 is 5.91 Å². The number of hydrogen-bond acceptors (Lipinski definition) is 4. The number of para-hydroxylation sites is 1. The van der Waals surface area contributed by atoms with Gasteiger partial charge in [0.1, 0.15) is 5.75 Å². The SMILES string of the molecule is C[C@H]1CN(CC2CCN(C(=O)COc3ccccc3)CC2)C[C@H](C)O1. The van der Waals surface area contributed by atoms with Crippen LogP contribution in [0.3, 0.4) is 0 Å². The lowest BCUT2D eigenvalue weighted by molar-refractivity contribution is -0.135. The number of carbonyl (C=O) groups is 1. The summed E-state index contributed by atoms with van der Waals surface area (Å²) >= 11 is 0. The first-order valence-corrected chi connectivity index (χ1v) is 9.43. The highest BCUT2D eigenvalue weighted by Crippen LogP contribution is 2.21. The maximum Gasteiger partial charge on any atom is 0.260 e. The van der Waals surface area contributed by atoms with Gasteiger partial charge in [0.25, 0.3) is 5.91 Å². The summed E-state index contributed by atoms with van der Waals surface area (Å²) in [6, 6.07) is 9.53. The molecule has 25 heavy (non-hydrogen) atoms. The molecule has 2 atom stereocenters. The average molecular weight is 346 g/mol. The summed E-state index contributed by atoms with van der Waals surface area (Å²) in [7, 11) is 0. The summed E-state index contributed by atoms with van der Waals surface area (Å²) < 4.78 is 11.4. The second kappa shape index (κ2) is 8.68. The monoisotopic (exact) mass is 346 g/mol. The second-order valence-corrected chi connectivity index (χ2v) is 7.40. The van der Waals surface area contributed by atoms with Crippen LogP contribution >= 0.6 is 0 Å². The number of morpholine rings is 1. The van der Waals surface area contributed by atoms with Gasteiger partial charge in [-0.3, -0.25) is 9.69 Å². The molecule has 1 amide bonds. The fourth-order valence-corrected chi connectivity index (χ4v) is 3.92. The number of likely N-dealkylation sites (tertiary alicyclic amines) is 1. The Kier molecular flexibility index (Phi) is 6.32. The molecule has 2 heterocycles. The van der Waals surface area contributed by atoms with E-state index in [1.54, 1.807) is 0 Å². The summed E-state index contributed by atoms with van der Waals surface area (Å²) in [6.07, 6.45) is 2.80. The third-order valence-corrected chi connectivity index (χ3v) is 5.08. The molecule has 0 bridgehead atoms. The van der Waals surface area contributed by atoms with Crippen LogP contribution < -0.4 is 4.74 Å². The van der Waals surface area contributed by atoms with E-state index in [-0.39, 0.29) is 12.5 Å². The lowest BCUT2D eigenvalue weighted by Crippen LogP contribution is -2.49. The topological polar surface area (TPSA) is 42.0 Å². The molecule has 0 aromatic heterocycles. The summed E-state index contributed by atoms with van der Waals surface area (Å²) in [5, 5.41) is 0. The highest BCUT2D eigenvalue weighted by atomic mass is 16.5. The van der Waals surface area contributed by atoms with E-state index in [9.17, 15) is 4.79 Å². The molecular formula is C20H30N2O3. The Balaban J connectivity index is 1.38. The van der Waals surface area contributed by atoms with Gasteiger partial charge in [-0.1, -0.05) is 18.2 Å². The van der Waals surface area contributed by atoms with Gasteiger partial charge < -0.3 is 14.4 Å². The Morgan fingerprint density at radius 2 is 1.76 bits per heavy atom. The van der Waals surface area contributed by atoms with Crippen molar-refractivity contribution in [3.8, 4) is 5.75 Å². The van der Waals surface area contributed by atoms with Crippen LogP contribution in [0.4, 0.5) is 0 Å². The predicted octanol–water partition coefficient (Wildman–Crippen LogP) is 2.41. The van der Waals surface area contributed by atoms with Gasteiger partial charge in [0.2, 0.25) is 0 Å². The molecule has 0 aliphatic carbocycles. The van der Waals surface area contributed by atoms with Gasteiger partial charge in [-0.05, 0) is 44.7 Å². The van der Waals surface area contributed by atoms with Gasteiger partial charge in [-0.15, -0.1) is 0 Å². The molecular weight excluding hydrogens is 316 g/mol. The molecule has 0 radical (unpaired) electrons. The number of ether oxygens (including phenoxy) is 2. The standard InChI is InChI=1S/C20H30N2O3/c1-16-12-21(13-17(2)25-16)14-18-8-10-22(11-9-18)20(23)15-24-19-6-4-3-5-7-19/h3-7,16-18H,8-15H2,1-2H3/t16-,17-/m0/s1. The Morgan fingerprint density at radius 1 is 1.12 bits per heavy atom. The minimum absolute atomic E-state index is 0.0934. The average Bonchev–Trinajstić information content (AvgIpc) is 2.60. The van der Waals surface area contributed by atoms with Crippen LogP contribution in [0.25, 0.3) is 0 Å². The number of nitrogens with zero attached hydrogens (tertiary/aromatic N) is 2. The molecule has 0 spiro atoms. The largest absolute Gasteiger partial charge is 0.484 e. The third-order valence-electron chi connectivity index (χ3n) is 5.08. The Bertz CT molecular complexity index is 533. The fraction of sp³-hybridized carbons (Fsp3) is 0.650. The van der Waals surface area contributed by atoms with Gasteiger partial charge in [0.15, 0.2) is 6.61 Å². The zero-order valence-corrected chi connectivity index (χ0v) is 15.4. The number of piperidine rings is 1. The minimum Gasteiger partial charge on any atom is -0.484 e. The van der Waals surface area contributed by atoms with E-state index in [1.807, 2.05) is 35.2 Å². The molecule has 5 nitrogen and oxygen atoms in total. The van der Waals surface area contributed by atoms with E-state index < -0.39 is 0 Å². The van der Waals surface area contributed by atoms with E-state index in [0.29, 0.717) is 18.1 Å². The van der Waals surface area contributed by atoms with E-state index in [1.165, 1.54) is 0 Å². The Morgan fingerprint density at radius 3 is 2.40 bits per heavy atom. The highest BCUT2D eigenvalue weighted by Gasteiger charge is 2.28. The quantitative estimate of drug-likeness (QED) is 0.821. The lowest BCUT2D eigenvalue weighted by Gasteiger charge is -2.39. The van der Waals surface area contributed by atoms with Gasteiger partial charge in [-0.25, -0.2) is 0 Å². The summed E-state index contributed by atoms with van der Waals surface area (Å²) in [6.45, 7) is 9.29. The van der Waals surface area contributed by atoms with Crippen LogP contribution in [0, 0.1) is 5.92 Å². The highest BCUT2D eigenvalue weighted by molar-refractivity contribution is 5.77. The lowest BCUT2D eigenvalue weighted by atomic mass is 9.95. The van der Waals surface area contributed by atoms with Crippen LogP contribution in [-0.4, -0.2) is 67.2 Å². The molecule has 0 N–H and O–H groups in total.